The number of halogens is 4. The number of aromatic carboxylic acids is 1. The molecule has 4 aromatic carbocycles. The lowest BCUT2D eigenvalue weighted by Gasteiger charge is -2.14. The largest absolute Gasteiger partial charge is 0.508 e. The highest BCUT2D eigenvalue weighted by Gasteiger charge is 2.22. The second-order valence-electron chi connectivity index (χ2n) is 12.0. The van der Waals surface area contributed by atoms with Crippen LogP contribution in [0.2, 0.25) is 0 Å². The van der Waals surface area contributed by atoms with Crippen LogP contribution in [0, 0.1) is 0 Å². The number of esters is 1. The first-order valence-electron chi connectivity index (χ1n) is 15.8. The first kappa shape index (κ1) is 39.2. The van der Waals surface area contributed by atoms with Crippen LogP contribution in [0.4, 0.5) is 0 Å². The number of hydrogen-bond acceptors (Lipinski definition) is 9. The number of benzene rings is 4. The number of hydrogen-bond donors (Lipinski definition) is 3. The maximum atomic E-state index is 11.9. The summed E-state index contributed by atoms with van der Waals surface area (Å²) >= 11 is 13.9. The van der Waals surface area contributed by atoms with E-state index in [0.29, 0.717) is 62.8 Å². The standard InChI is InChI=1S/C20H18Br2O5.C18H14Br2O5/c1-4-25-20(24)17-8-13-16(27-17)9-14(21)19(18(13)22)26-11-5-6-15(23)12(7-11)10(2)3;1-8(2)10-5-9(3-4-13(10)21)24-17-12(19)7-14-11(16(17)20)6-15(25-14)18(22)23/h5-10,23H,4H2,1-3H3;3-8,21H,1-2H3,(H,22,23). The van der Waals surface area contributed by atoms with Gasteiger partial charge >= 0.3 is 11.9 Å². The second kappa shape index (κ2) is 16.4. The average Bonchev–Trinajstić information content (AvgIpc) is 3.72. The molecule has 14 heteroatoms. The molecule has 0 radical (unpaired) electrons. The van der Waals surface area contributed by atoms with Crippen LogP contribution in [0.15, 0.2) is 87.4 Å². The highest BCUT2D eigenvalue weighted by atomic mass is 79.9. The van der Waals surface area contributed by atoms with Gasteiger partial charge in [0.1, 0.15) is 34.2 Å². The zero-order chi connectivity index (χ0) is 38.0. The topological polar surface area (TPSA) is 149 Å². The van der Waals surface area contributed by atoms with Gasteiger partial charge in [0, 0.05) is 34.0 Å². The number of carbonyl (C=O) groups is 2. The number of fused-ring (bicyclic) bond motifs is 2. The molecule has 52 heavy (non-hydrogen) atoms. The molecule has 0 amide bonds. The minimum atomic E-state index is -1.14. The Kier molecular flexibility index (Phi) is 12.3. The zero-order valence-electron chi connectivity index (χ0n) is 28.3. The SMILES string of the molecule is CC(C)c1cc(Oc2c(Br)cc3oc(C(=O)O)cc3c2Br)ccc1O.CCOC(=O)c1cc2c(Br)c(Oc3ccc(O)c(C(C)C)c3)c(Br)cc2o1. The van der Waals surface area contributed by atoms with Gasteiger partial charge in [-0.1, -0.05) is 27.7 Å². The molecule has 0 aliphatic rings. The number of carbonyl (C=O) groups excluding carboxylic acids is 1. The van der Waals surface area contributed by atoms with E-state index >= 15 is 0 Å². The van der Waals surface area contributed by atoms with Crippen LogP contribution < -0.4 is 9.47 Å². The molecule has 2 aromatic heterocycles. The van der Waals surface area contributed by atoms with Crippen LogP contribution in [0.3, 0.4) is 0 Å². The van der Waals surface area contributed by atoms with Crippen molar-refractivity contribution in [3.63, 3.8) is 0 Å². The van der Waals surface area contributed by atoms with Crippen LogP contribution in [-0.2, 0) is 4.74 Å². The van der Waals surface area contributed by atoms with Crippen molar-refractivity contribution < 1.29 is 48.0 Å². The number of rotatable bonds is 9. The van der Waals surface area contributed by atoms with Crippen molar-refractivity contribution in [2.75, 3.05) is 6.61 Å². The lowest BCUT2D eigenvalue weighted by atomic mass is 10.0. The van der Waals surface area contributed by atoms with E-state index in [1.54, 1.807) is 55.5 Å². The van der Waals surface area contributed by atoms with Crippen molar-refractivity contribution in [1.82, 2.24) is 0 Å². The normalized spacial score (nSPS) is 11.2. The molecule has 0 atom stereocenters. The molecule has 0 spiro atoms. The molecule has 0 saturated heterocycles. The summed E-state index contributed by atoms with van der Waals surface area (Å²) in [6, 6.07) is 16.6. The lowest BCUT2D eigenvalue weighted by Crippen LogP contribution is -2.02. The number of carboxylic acid groups (broad SMARTS) is 1. The van der Waals surface area contributed by atoms with Gasteiger partial charge in [-0.2, -0.15) is 0 Å². The van der Waals surface area contributed by atoms with Gasteiger partial charge in [-0.15, -0.1) is 0 Å². The molecular formula is C38H32Br4O10. The monoisotopic (exact) mass is 964 g/mol. The summed E-state index contributed by atoms with van der Waals surface area (Å²) in [6.45, 7) is 9.97. The fourth-order valence-corrected chi connectivity index (χ4v) is 7.85. The third-order valence-corrected chi connectivity index (χ3v) is 10.5. The van der Waals surface area contributed by atoms with Crippen molar-refractivity contribution in [3.8, 4) is 34.5 Å². The van der Waals surface area contributed by atoms with Crippen LogP contribution in [0.25, 0.3) is 21.9 Å². The van der Waals surface area contributed by atoms with Crippen LogP contribution in [0.1, 0.15) is 78.7 Å². The van der Waals surface area contributed by atoms with Gasteiger partial charge in [0.15, 0.2) is 11.5 Å². The van der Waals surface area contributed by atoms with Gasteiger partial charge in [0.2, 0.25) is 11.5 Å². The summed E-state index contributed by atoms with van der Waals surface area (Å²) < 4.78 is 30.4. The Bertz CT molecular complexity index is 2310. The summed E-state index contributed by atoms with van der Waals surface area (Å²) in [5.74, 6) is 1.27. The first-order valence-corrected chi connectivity index (χ1v) is 19.0. The summed E-state index contributed by atoms with van der Waals surface area (Å²) in [6.07, 6.45) is 0. The Labute approximate surface area is 332 Å². The van der Waals surface area contributed by atoms with Crippen molar-refractivity contribution in [2.45, 2.75) is 46.5 Å². The molecule has 0 aliphatic carbocycles. The highest BCUT2D eigenvalue weighted by molar-refractivity contribution is 9.11. The fourth-order valence-electron chi connectivity index (χ4n) is 5.13. The van der Waals surface area contributed by atoms with E-state index in [0.717, 1.165) is 11.1 Å². The van der Waals surface area contributed by atoms with E-state index in [2.05, 4.69) is 63.7 Å². The fraction of sp³-hybridized carbons (Fsp3) is 0.211. The first-order chi connectivity index (χ1) is 24.6. The molecule has 272 valence electrons. The van der Waals surface area contributed by atoms with E-state index in [1.807, 2.05) is 33.8 Å². The lowest BCUT2D eigenvalue weighted by molar-refractivity contribution is 0.0492. The maximum Gasteiger partial charge on any atom is 0.374 e. The number of aromatic hydroxyl groups is 2. The van der Waals surface area contributed by atoms with Gasteiger partial charge in [0.25, 0.3) is 0 Å². The molecule has 0 fully saturated rings. The van der Waals surface area contributed by atoms with Crippen LogP contribution in [-0.4, -0.2) is 33.9 Å². The van der Waals surface area contributed by atoms with Crippen molar-refractivity contribution in [3.05, 3.63) is 101 Å². The molecular weight excluding hydrogens is 936 g/mol. The number of furan rings is 2. The number of carboxylic acids is 1. The van der Waals surface area contributed by atoms with Gasteiger partial charge < -0.3 is 38.4 Å². The van der Waals surface area contributed by atoms with Gasteiger partial charge in [-0.3, -0.25) is 0 Å². The smallest absolute Gasteiger partial charge is 0.374 e. The van der Waals surface area contributed by atoms with E-state index in [1.165, 1.54) is 6.07 Å². The van der Waals surface area contributed by atoms with Gasteiger partial charge in [-0.05, 0) is 131 Å². The predicted molar refractivity (Wildman–Crippen MR) is 211 cm³/mol. The Hall–Kier alpha value is -3.98. The third kappa shape index (κ3) is 8.46. The number of phenols is 2. The van der Waals surface area contributed by atoms with E-state index in [-0.39, 0.29) is 41.5 Å². The minimum Gasteiger partial charge on any atom is -0.508 e. The molecule has 3 N–H and O–H groups in total. The van der Waals surface area contributed by atoms with Crippen LogP contribution in [0.5, 0.6) is 34.5 Å². The molecule has 6 rings (SSSR count). The quantitative estimate of drug-likeness (QED) is 0.120. The summed E-state index contributed by atoms with van der Waals surface area (Å²) in [5, 5.41) is 30.3. The maximum absolute atomic E-state index is 11.9. The Morgan fingerprint density at radius 2 is 1.10 bits per heavy atom. The Morgan fingerprint density at radius 1 is 0.673 bits per heavy atom. The van der Waals surface area contributed by atoms with Gasteiger partial charge in [-0.25, -0.2) is 9.59 Å². The summed E-state index contributed by atoms with van der Waals surface area (Å²) in [5.41, 5.74) is 2.53. The number of ether oxygens (including phenoxy) is 3. The van der Waals surface area contributed by atoms with Crippen molar-refractivity contribution >= 4 is 97.6 Å². The molecule has 10 nitrogen and oxygen atoms in total. The third-order valence-electron chi connectivity index (χ3n) is 7.71. The Morgan fingerprint density at radius 3 is 1.50 bits per heavy atom. The molecule has 0 bridgehead atoms. The second-order valence-corrected chi connectivity index (χ2v) is 15.3. The average molecular weight is 968 g/mol. The summed E-state index contributed by atoms with van der Waals surface area (Å²) in [4.78, 5) is 23.0. The highest BCUT2D eigenvalue weighted by Crippen LogP contribution is 2.45. The van der Waals surface area contributed by atoms with Crippen molar-refractivity contribution in [2.24, 2.45) is 0 Å². The molecule has 2 heterocycles. The van der Waals surface area contributed by atoms with E-state index < -0.39 is 11.9 Å². The predicted octanol–water partition coefficient (Wildman–Crippen LogP) is 13.0. The zero-order valence-corrected chi connectivity index (χ0v) is 34.7. The van der Waals surface area contributed by atoms with Crippen molar-refractivity contribution in [1.29, 1.82) is 0 Å². The molecule has 0 unspecified atom stereocenters. The molecule has 6 aromatic rings. The molecule has 0 aliphatic heterocycles. The van der Waals surface area contributed by atoms with Crippen LogP contribution >= 0.6 is 63.7 Å². The number of phenolic OH excluding ortho intramolecular Hbond substituents is 2. The van der Waals surface area contributed by atoms with E-state index in [4.69, 9.17) is 28.2 Å². The molecule has 0 saturated carbocycles. The Balaban J connectivity index is 0.000000202. The van der Waals surface area contributed by atoms with E-state index in [9.17, 15) is 19.8 Å². The summed E-state index contributed by atoms with van der Waals surface area (Å²) in [7, 11) is 0. The van der Waals surface area contributed by atoms with Gasteiger partial charge in [0.05, 0.1) is 24.5 Å². The minimum absolute atomic E-state index is 0.128.